The first-order chi connectivity index (χ1) is 9.20. The SMILES string of the molecule is CNC(C)C(=O)N(Cc1ccco1)Cc1ccco1. The first-order valence-corrected chi connectivity index (χ1v) is 6.21. The Hall–Kier alpha value is -2.01. The van der Waals surface area contributed by atoms with E-state index in [-0.39, 0.29) is 11.9 Å². The molecule has 0 fully saturated rings. The number of hydrogen-bond acceptors (Lipinski definition) is 4. The lowest BCUT2D eigenvalue weighted by Crippen LogP contribution is -2.42. The smallest absolute Gasteiger partial charge is 0.240 e. The van der Waals surface area contributed by atoms with E-state index < -0.39 is 0 Å². The molecular weight excluding hydrogens is 244 g/mol. The van der Waals surface area contributed by atoms with Crippen LogP contribution in [-0.2, 0) is 17.9 Å². The quantitative estimate of drug-likeness (QED) is 0.865. The Balaban J connectivity index is 2.10. The van der Waals surface area contributed by atoms with Crippen molar-refractivity contribution in [1.82, 2.24) is 10.2 Å². The summed E-state index contributed by atoms with van der Waals surface area (Å²) in [6.45, 7) is 2.69. The van der Waals surface area contributed by atoms with Gasteiger partial charge in [0.1, 0.15) is 11.5 Å². The first-order valence-electron chi connectivity index (χ1n) is 6.21. The van der Waals surface area contributed by atoms with E-state index in [0.29, 0.717) is 13.1 Å². The Kier molecular flexibility index (Phi) is 4.41. The minimum absolute atomic E-state index is 0.00954. The summed E-state index contributed by atoms with van der Waals surface area (Å²) in [5, 5.41) is 2.95. The average molecular weight is 262 g/mol. The predicted molar refractivity (Wildman–Crippen MR) is 70.2 cm³/mol. The Morgan fingerprint density at radius 2 is 1.74 bits per heavy atom. The highest BCUT2D eigenvalue weighted by atomic mass is 16.3. The molecule has 1 amide bonds. The summed E-state index contributed by atoms with van der Waals surface area (Å²) in [4.78, 5) is 14.0. The van der Waals surface area contributed by atoms with Gasteiger partial charge in [0.2, 0.25) is 5.91 Å². The van der Waals surface area contributed by atoms with Crippen LogP contribution in [0.2, 0.25) is 0 Å². The van der Waals surface area contributed by atoms with Crippen LogP contribution in [-0.4, -0.2) is 23.9 Å². The Labute approximate surface area is 112 Å². The molecule has 1 atom stereocenters. The van der Waals surface area contributed by atoms with Crippen molar-refractivity contribution in [3.8, 4) is 0 Å². The third kappa shape index (κ3) is 3.48. The van der Waals surface area contributed by atoms with Crippen molar-refractivity contribution in [2.75, 3.05) is 7.05 Å². The molecule has 1 N–H and O–H groups in total. The van der Waals surface area contributed by atoms with E-state index in [9.17, 15) is 4.79 Å². The van der Waals surface area contributed by atoms with Gasteiger partial charge < -0.3 is 19.1 Å². The van der Waals surface area contributed by atoms with Crippen LogP contribution in [0.15, 0.2) is 45.6 Å². The van der Waals surface area contributed by atoms with Crippen LogP contribution in [0.3, 0.4) is 0 Å². The van der Waals surface area contributed by atoms with Gasteiger partial charge in [0.15, 0.2) is 0 Å². The molecule has 0 saturated heterocycles. The highest BCUT2D eigenvalue weighted by Crippen LogP contribution is 2.12. The monoisotopic (exact) mass is 262 g/mol. The van der Waals surface area contributed by atoms with Gasteiger partial charge in [0.05, 0.1) is 31.7 Å². The number of amides is 1. The third-order valence-electron chi connectivity index (χ3n) is 2.97. The summed E-state index contributed by atoms with van der Waals surface area (Å²) in [5.74, 6) is 1.52. The molecule has 5 heteroatoms. The second-order valence-electron chi connectivity index (χ2n) is 4.36. The summed E-state index contributed by atoms with van der Waals surface area (Å²) < 4.78 is 10.6. The van der Waals surface area contributed by atoms with E-state index in [1.165, 1.54) is 0 Å². The first kappa shape index (κ1) is 13.4. The van der Waals surface area contributed by atoms with Crippen molar-refractivity contribution in [3.63, 3.8) is 0 Å². The molecule has 1 unspecified atom stereocenters. The van der Waals surface area contributed by atoms with Gasteiger partial charge in [-0.2, -0.15) is 0 Å². The fourth-order valence-corrected chi connectivity index (χ4v) is 1.79. The molecule has 2 aromatic rings. The van der Waals surface area contributed by atoms with E-state index >= 15 is 0 Å². The van der Waals surface area contributed by atoms with Crippen molar-refractivity contribution in [1.29, 1.82) is 0 Å². The van der Waals surface area contributed by atoms with Crippen LogP contribution in [0, 0.1) is 0 Å². The molecule has 0 spiro atoms. The summed E-state index contributed by atoms with van der Waals surface area (Å²) in [5.41, 5.74) is 0. The molecule has 0 aromatic carbocycles. The van der Waals surface area contributed by atoms with Crippen molar-refractivity contribution in [3.05, 3.63) is 48.3 Å². The number of nitrogens with one attached hydrogen (secondary N) is 1. The fraction of sp³-hybridized carbons (Fsp3) is 0.357. The van der Waals surface area contributed by atoms with E-state index in [2.05, 4.69) is 5.32 Å². The topological polar surface area (TPSA) is 58.6 Å². The second-order valence-corrected chi connectivity index (χ2v) is 4.36. The molecule has 0 saturated carbocycles. The van der Waals surface area contributed by atoms with E-state index in [4.69, 9.17) is 8.83 Å². The Morgan fingerprint density at radius 3 is 2.11 bits per heavy atom. The van der Waals surface area contributed by atoms with Gasteiger partial charge in [0, 0.05) is 0 Å². The molecule has 102 valence electrons. The summed E-state index contributed by atoms with van der Waals surface area (Å²) >= 11 is 0. The van der Waals surface area contributed by atoms with Crippen molar-refractivity contribution in [2.45, 2.75) is 26.1 Å². The number of hydrogen-bond donors (Lipinski definition) is 1. The van der Waals surface area contributed by atoms with E-state index in [0.717, 1.165) is 11.5 Å². The number of likely N-dealkylation sites (N-methyl/N-ethyl adjacent to an activating group) is 1. The maximum absolute atomic E-state index is 12.3. The molecule has 5 nitrogen and oxygen atoms in total. The molecule has 0 aliphatic carbocycles. The standard InChI is InChI=1S/C14H18N2O3/c1-11(15-2)14(17)16(9-12-5-3-7-18-12)10-13-6-4-8-19-13/h3-8,11,15H,9-10H2,1-2H3. The average Bonchev–Trinajstić information content (AvgIpc) is 3.09. The van der Waals surface area contributed by atoms with Gasteiger partial charge in [-0.05, 0) is 38.2 Å². The van der Waals surface area contributed by atoms with Gasteiger partial charge in [-0.1, -0.05) is 0 Å². The van der Waals surface area contributed by atoms with Crippen molar-refractivity contribution < 1.29 is 13.6 Å². The Morgan fingerprint density at radius 1 is 1.21 bits per heavy atom. The normalized spacial score (nSPS) is 12.3. The molecule has 0 bridgehead atoms. The van der Waals surface area contributed by atoms with Crippen molar-refractivity contribution >= 4 is 5.91 Å². The fourth-order valence-electron chi connectivity index (χ4n) is 1.79. The van der Waals surface area contributed by atoms with E-state index in [1.807, 2.05) is 31.2 Å². The molecule has 19 heavy (non-hydrogen) atoms. The van der Waals surface area contributed by atoms with Crippen LogP contribution in [0.25, 0.3) is 0 Å². The lowest BCUT2D eigenvalue weighted by atomic mass is 10.2. The van der Waals surface area contributed by atoms with E-state index in [1.54, 1.807) is 24.5 Å². The zero-order valence-corrected chi connectivity index (χ0v) is 11.1. The van der Waals surface area contributed by atoms with Crippen LogP contribution in [0.1, 0.15) is 18.4 Å². The molecule has 2 aromatic heterocycles. The third-order valence-corrected chi connectivity index (χ3v) is 2.97. The maximum Gasteiger partial charge on any atom is 0.240 e. The molecular formula is C14H18N2O3. The van der Waals surface area contributed by atoms with Crippen LogP contribution in [0.5, 0.6) is 0 Å². The zero-order chi connectivity index (χ0) is 13.7. The summed E-state index contributed by atoms with van der Waals surface area (Å²) in [6, 6.07) is 7.09. The lowest BCUT2D eigenvalue weighted by molar-refractivity contribution is -0.134. The largest absolute Gasteiger partial charge is 0.467 e. The minimum atomic E-state index is -0.245. The Bertz CT molecular complexity index is 455. The number of rotatable bonds is 6. The molecule has 0 radical (unpaired) electrons. The van der Waals surface area contributed by atoms with Gasteiger partial charge >= 0.3 is 0 Å². The molecule has 2 rings (SSSR count). The summed E-state index contributed by atoms with van der Waals surface area (Å²) in [7, 11) is 1.76. The second kappa shape index (κ2) is 6.24. The zero-order valence-electron chi connectivity index (χ0n) is 11.1. The highest BCUT2D eigenvalue weighted by Gasteiger charge is 2.21. The van der Waals surface area contributed by atoms with Gasteiger partial charge in [-0.3, -0.25) is 4.79 Å². The number of nitrogens with zero attached hydrogens (tertiary/aromatic N) is 1. The molecule has 2 heterocycles. The van der Waals surface area contributed by atoms with Crippen LogP contribution >= 0.6 is 0 Å². The summed E-state index contributed by atoms with van der Waals surface area (Å²) in [6.07, 6.45) is 3.21. The number of carbonyl (C=O) groups is 1. The molecule has 0 aliphatic heterocycles. The maximum atomic E-state index is 12.3. The van der Waals surface area contributed by atoms with Crippen LogP contribution in [0.4, 0.5) is 0 Å². The number of carbonyl (C=O) groups excluding carboxylic acids is 1. The van der Waals surface area contributed by atoms with Gasteiger partial charge in [0.25, 0.3) is 0 Å². The number of furan rings is 2. The van der Waals surface area contributed by atoms with Crippen LogP contribution < -0.4 is 5.32 Å². The predicted octanol–water partition coefficient (Wildman–Crippen LogP) is 2.01. The molecule has 0 aliphatic rings. The minimum Gasteiger partial charge on any atom is -0.467 e. The van der Waals surface area contributed by atoms with Gasteiger partial charge in [-0.25, -0.2) is 0 Å². The van der Waals surface area contributed by atoms with Crippen molar-refractivity contribution in [2.24, 2.45) is 0 Å². The highest BCUT2D eigenvalue weighted by molar-refractivity contribution is 5.81. The lowest BCUT2D eigenvalue weighted by Gasteiger charge is -2.23. The van der Waals surface area contributed by atoms with Gasteiger partial charge in [-0.15, -0.1) is 0 Å².